The fourth-order valence-corrected chi connectivity index (χ4v) is 2.70. The number of carboxylic acid groups (broad SMARTS) is 1. The van der Waals surface area contributed by atoms with Gasteiger partial charge < -0.3 is 16.2 Å². The maximum atomic E-state index is 10.7. The molecule has 0 spiro atoms. The number of hydrogen-bond donors (Lipinski definition) is 3. The van der Waals surface area contributed by atoms with E-state index < -0.39 is 12.0 Å². The number of thiazole rings is 1. The van der Waals surface area contributed by atoms with Crippen LogP contribution >= 0.6 is 23.1 Å². The van der Waals surface area contributed by atoms with Gasteiger partial charge in [-0.1, -0.05) is 6.92 Å². The van der Waals surface area contributed by atoms with Crippen LogP contribution in [-0.4, -0.2) is 33.6 Å². The predicted molar refractivity (Wildman–Crippen MR) is 72.8 cm³/mol. The molecule has 5 nitrogen and oxygen atoms in total. The van der Waals surface area contributed by atoms with Gasteiger partial charge in [0.25, 0.3) is 0 Å². The fraction of sp³-hybridized carbons (Fsp3) is 0.600. The molecule has 0 saturated heterocycles. The van der Waals surface area contributed by atoms with Crippen LogP contribution in [0.5, 0.6) is 0 Å². The van der Waals surface area contributed by atoms with Crippen molar-refractivity contribution in [1.82, 2.24) is 4.98 Å². The van der Waals surface area contributed by atoms with Crippen LogP contribution in [0, 0.1) is 0 Å². The summed E-state index contributed by atoms with van der Waals surface area (Å²) in [5.74, 6) is 1.02. The van der Waals surface area contributed by atoms with E-state index in [9.17, 15) is 4.79 Å². The Morgan fingerprint density at radius 3 is 3.06 bits per heavy atom. The molecule has 1 aromatic heterocycles. The smallest absolute Gasteiger partial charge is 0.326 e. The molecule has 0 amide bonds. The third kappa shape index (κ3) is 4.53. The van der Waals surface area contributed by atoms with E-state index in [1.165, 1.54) is 11.3 Å². The van der Waals surface area contributed by atoms with Crippen molar-refractivity contribution >= 4 is 34.2 Å². The minimum atomic E-state index is -1.06. The first-order valence-electron chi connectivity index (χ1n) is 5.32. The molecule has 1 aromatic rings. The van der Waals surface area contributed by atoms with Crippen molar-refractivity contribution in [2.24, 2.45) is 5.73 Å². The number of anilines is 1. The van der Waals surface area contributed by atoms with Crippen molar-refractivity contribution in [3.05, 3.63) is 11.1 Å². The van der Waals surface area contributed by atoms with E-state index in [0.717, 1.165) is 16.6 Å². The number of rotatable bonds is 7. The molecule has 7 heteroatoms. The molecule has 0 aliphatic rings. The van der Waals surface area contributed by atoms with Crippen LogP contribution in [0.2, 0.25) is 0 Å². The molecular formula is C10H17N3O2S2. The topological polar surface area (TPSA) is 88.2 Å². The molecule has 0 radical (unpaired) electrons. The summed E-state index contributed by atoms with van der Waals surface area (Å²) in [6.07, 6.45) is 0. The molecule has 1 heterocycles. The molecule has 0 saturated carbocycles. The largest absolute Gasteiger partial charge is 0.480 e. The Bertz CT molecular complexity index is 370. The lowest BCUT2D eigenvalue weighted by Crippen LogP contribution is -2.21. The summed E-state index contributed by atoms with van der Waals surface area (Å²) >= 11 is 3.23. The summed E-state index contributed by atoms with van der Waals surface area (Å²) in [4.78, 5) is 14.9. The average Bonchev–Trinajstić information content (AvgIpc) is 2.73. The van der Waals surface area contributed by atoms with E-state index in [0.29, 0.717) is 11.7 Å². The molecule has 2 atom stereocenters. The highest BCUT2D eigenvalue weighted by molar-refractivity contribution is 7.99. The van der Waals surface area contributed by atoms with E-state index in [4.69, 9.17) is 10.8 Å². The number of aliphatic carboxylic acids is 1. The SMILES string of the molecule is CCSCC(C)Nc1nc(C(N)C(=O)O)cs1. The maximum Gasteiger partial charge on any atom is 0.326 e. The van der Waals surface area contributed by atoms with Crippen LogP contribution in [0.15, 0.2) is 5.38 Å². The van der Waals surface area contributed by atoms with Crippen LogP contribution in [0.3, 0.4) is 0 Å². The van der Waals surface area contributed by atoms with Gasteiger partial charge in [0.1, 0.15) is 6.04 Å². The first-order chi connectivity index (χ1) is 8.04. The number of nitrogens with zero attached hydrogens (tertiary/aromatic N) is 1. The fourth-order valence-electron chi connectivity index (χ4n) is 1.17. The van der Waals surface area contributed by atoms with E-state index in [-0.39, 0.29) is 0 Å². The summed E-state index contributed by atoms with van der Waals surface area (Å²) < 4.78 is 0. The van der Waals surface area contributed by atoms with Gasteiger partial charge in [-0.15, -0.1) is 11.3 Å². The molecule has 0 aliphatic carbocycles. The van der Waals surface area contributed by atoms with Gasteiger partial charge in [0.15, 0.2) is 5.13 Å². The third-order valence-corrected chi connectivity index (χ3v) is 3.98. The highest BCUT2D eigenvalue weighted by Gasteiger charge is 2.17. The van der Waals surface area contributed by atoms with Gasteiger partial charge in [-0.2, -0.15) is 11.8 Å². The second kappa shape index (κ2) is 6.83. The van der Waals surface area contributed by atoms with Crippen molar-refractivity contribution in [3.63, 3.8) is 0 Å². The standard InChI is InChI=1S/C10H17N3O2S2/c1-3-16-4-6(2)12-10-13-7(5-17-10)8(11)9(14)15/h5-6,8H,3-4,11H2,1-2H3,(H,12,13)(H,14,15). The van der Waals surface area contributed by atoms with Crippen molar-refractivity contribution in [2.75, 3.05) is 16.8 Å². The lowest BCUT2D eigenvalue weighted by Gasteiger charge is -2.11. The number of hydrogen-bond acceptors (Lipinski definition) is 6. The van der Waals surface area contributed by atoms with Crippen molar-refractivity contribution in [1.29, 1.82) is 0 Å². The monoisotopic (exact) mass is 275 g/mol. The Balaban J connectivity index is 2.53. The molecule has 2 unspecified atom stereocenters. The first-order valence-corrected chi connectivity index (χ1v) is 7.36. The number of carbonyl (C=O) groups is 1. The lowest BCUT2D eigenvalue weighted by atomic mass is 10.2. The summed E-state index contributed by atoms with van der Waals surface area (Å²) in [5.41, 5.74) is 5.88. The molecule has 0 aromatic carbocycles. The molecule has 1 rings (SSSR count). The van der Waals surface area contributed by atoms with Gasteiger partial charge in [0.05, 0.1) is 5.69 Å². The van der Waals surface area contributed by atoms with Gasteiger partial charge >= 0.3 is 5.97 Å². The summed E-state index contributed by atoms with van der Waals surface area (Å²) in [6.45, 7) is 4.19. The first kappa shape index (κ1) is 14.3. The van der Waals surface area contributed by atoms with E-state index in [1.807, 2.05) is 11.8 Å². The maximum absolute atomic E-state index is 10.7. The molecule has 17 heavy (non-hydrogen) atoms. The minimum absolute atomic E-state index is 0.306. The average molecular weight is 275 g/mol. The van der Waals surface area contributed by atoms with Gasteiger partial charge in [0.2, 0.25) is 0 Å². The van der Waals surface area contributed by atoms with Gasteiger partial charge in [-0.05, 0) is 12.7 Å². The van der Waals surface area contributed by atoms with Crippen LogP contribution in [-0.2, 0) is 4.79 Å². The lowest BCUT2D eigenvalue weighted by molar-refractivity contribution is -0.138. The second-order valence-electron chi connectivity index (χ2n) is 3.60. The van der Waals surface area contributed by atoms with Crippen molar-refractivity contribution in [2.45, 2.75) is 25.9 Å². The zero-order chi connectivity index (χ0) is 12.8. The highest BCUT2D eigenvalue weighted by Crippen LogP contribution is 2.20. The van der Waals surface area contributed by atoms with E-state index in [2.05, 4.69) is 24.1 Å². The predicted octanol–water partition coefficient (Wildman–Crippen LogP) is 1.78. The molecule has 0 bridgehead atoms. The number of nitrogens with one attached hydrogen (secondary N) is 1. The Morgan fingerprint density at radius 1 is 1.76 bits per heavy atom. The Labute approximate surface area is 109 Å². The number of carboxylic acids is 1. The molecule has 96 valence electrons. The Hall–Kier alpha value is -0.790. The minimum Gasteiger partial charge on any atom is -0.480 e. The van der Waals surface area contributed by atoms with Crippen LogP contribution < -0.4 is 11.1 Å². The zero-order valence-electron chi connectivity index (χ0n) is 9.84. The highest BCUT2D eigenvalue weighted by atomic mass is 32.2. The van der Waals surface area contributed by atoms with Crippen LogP contribution in [0.1, 0.15) is 25.6 Å². The molecule has 4 N–H and O–H groups in total. The van der Waals surface area contributed by atoms with Crippen LogP contribution in [0.4, 0.5) is 5.13 Å². The third-order valence-electron chi connectivity index (χ3n) is 2.05. The van der Waals surface area contributed by atoms with Crippen LogP contribution in [0.25, 0.3) is 0 Å². The Kier molecular flexibility index (Phi) is 5.73. The van der Waals surface area contributed by atoms with Crippen molar-refractivity contribution < 1.29 is 9.90 Å². The number of nitrogens with two attached hydrogens (primary N) is 1. The normalized spacial score (nSPS) is 14.3. The zero-order valence-corrected chi connectivity index (χ0v) is 11.5. The van der Waals surface area contributed by atoms with Gasteiger partial charge in [-0.25, -0.2) is 4.98 Å². The molecular weight excluding hydrogens is 258 g/mol. The summed E-state index contributed by atoms with van der Waals surface area (Å²) in [7, 11) is 0. The second-order valence-corrected chi connectivity index (χ2v) is 5.78. The Morgan fingerprint density at radius 2 is 2.47 bits per heavy atom. The summed E-state index contributed by atoms with van der Waals surface area (Å²) in [6, 6.07) is -0.734. The summed E-state index contributed by atoms with van der Waals surface area (Å²) in [5, 5.41) is 14.4. The van der Waals surface area contributed by atoms with E-state index in [1.54, 1.807) is 5.38 Å². The van der Waals surface area contributed by atoms with Gasteiger partial charge in [0, 0.05) is 17.2 Å². The molecule has 0 fully saturated rings. The number of aromatic nitrogens is 1. The van der Waals surface area contributed by atoms with Gasteiger partial charge in [-0.3, -0.25) is 4.79 Å². The van der Waals surface area contributed by atoms with Crippen molar-refractivity contribution in [3.8, 4) is 0 Å². The molecule has 0 aliphatic heterocycles. The van der Waals surface area contributed by atoms with E-state index >= 15 is 0 Å². The number of thioether (sulfide) groups is 1. The quantitative estimate of drug-likeness (QED) is 0.703.